The van der Waals surface area contributed by atoms with Gasteiger partial charge in [0.1, 0.15) is 17.4 Å². The summed E-state index contributed by atoms with van der Waals surface area (Å²) in [5.41, 5.74) is 2.78. The van der Waals surface area contributed by atoms with Gasteiger partial charge in [-0.3, -0.25) is 4.98 Å². The molecule has 0 amide bonds. The largest absolute Gasteiger partial charge is 0.488 e. The third-order valence-electron chi connectivity index (χ3n) is 6.74. The van der Waals surface area contributed by atoms with Crippen molar-refractivity contribution >= 4 is 22.7 Å². The van der Waals surface area contributed by atoms with Crippen LogP contribution in [0.4, 0.5) is 11.6 Å². The summed E-state index contributed by atoms with van der Waals surface area (Å²) >= 11 is 0. The number of hydrogen-bond donors (Lipinski definition) is 1. The fourth-order valence-corrected chi connectivity index (χ4v) is 4.74. The van der Waals surface area contributed by atoms with Crippen LogP contribution in [0.1, 0.15) is 25.7 Å². The van der Waals surface area contributed by atoms with Crippen LogP contribution in [0.15, 0.2) is 36.9 Å². The Balaban J connectivity index is 1.07. The molecule has 35 heavy (non-hydrogen) atoms. The van der Waals surface area contributed by atoms with E-state index in [4.69, 9.17) is 18.9 Å². The summed E-state index contributed by atoms with van der Waals surface area (Å²) in [5, 5.41) is 3.46. The van der Waals surface area contributed by atoms with Crippen LogP contribution in [0, 0.1) is 0 Å². The van der Waals surface area contributed by atoms with Gasteiger partial charge in [-0.2, -0.15) is 0 Å². The van der Waals surface area contributed by atoms with Crippen molar-refractivity contribution in [1.82, 2.24) is 19.9 Å². The Kier molecular flexibility index (Phi) is 6.46. The molecule has 184 valence electrons. The van der Waals surface area contributed by atoms with E-state index in [1.807, 2.05) is 0 Å². The lowest BCUT2D eigenvalue weighted by Crippen LogP contribution is -2.38. The van der Waals surface area contributed by atoms with Crippen molar-refractivity contribution in [3.63, 3.8) is 0 Å². The fraction of sp³-hybridized carbons (Fsp3) is 0.520. The van der Waals surface area contributed by atoms with Gasteiger partial charge in [0.25, 0.3) is 0 Å². The Morgan fingerprint density at radius 2 is 1.60 bits per heavy atom. The lowest BCUT2D eigenvalue weighted by Gasteiger charge is -2.31. The Morgan fingerprint density at radius 3 is 2.34 bits per heavy atom. The molecule has 6 rings (SSSR count). The van der Waals surface area contributed by atoms with Gasteiger partial charge in [-0.15, -0.1) is 0 Å². The van der Waals surface area contributed by atoms with Crippen molar-refractivity contribution in [2.75, 3.05) is 49.7 Å². The number of nitrogens with zero attached hydrogens (tertiary/aromatic N) is 5. The predicted octanol–water partition coefficient (Wildman–Crippen LogP) is 2.84. The Labute approximate surface area is 204 Å². The second-order valence-corrected chi connectivity index (χ2v) is 9.22. The zero-order valence-electron chi connectivity index (χ0n) is 19.6. The van der Waals surface area contributed by atoms with E-state index in [9.17, 15) is 0 Å². The highest BCUT2D eigenvalue weighted by Crippen LogP contribution is 2.33. The lowest BCUT2D eigenvalue weighted by molar-refractivity contribution is -0.0799. The summed E-state index contributed by atoms with van der Waals surface area (Å²) < 4.78 is 22.9. The number of fused-ring (bicyclic) bond motifs is 1. The molecule has 3 aromatic rings. The maximum Gasteiger partial charge on any atom is 0.223 e. The van der Waals surface area contributed by atoms with E-state index in [0.717, 1.165) is 74.5 Å². The quantitative estimate of drug-likeness (QED) is 0.545. The van der Waals surface area contributed by atoms with Crippen molar-refractivity contribution in [3.05, 3.63) is 36.9 Å². The molecule has 2 aromatic heterocycles. The highest BCUT2D eigenvalue weighted by atomic mass is 16.6. The van der Waals surface area contributed by atoms with Crippen molar-refractivity contribution in [2.24, 2.45) is 0 Å². The molecule has 2 saturated heterocycles. The first-order valence-corrected chi connectivity index (χ1v) is 12.4. The molecule has 4 heterocycles. The standard InChI is InChI=1S/C25H30N6O4/c1-3-19(4-2-17(1)30-25-28-13-20(14-29-25)34-21-15-33-16-21)35-23-12-18(31-7-9-32-10-8-31)11-22-24(23)27-6-5-26-22/h5-6,11-14,17,19,21H,1-4,7-10,15-16H2,(H,28,29,30). The van der Waals surface area contributed by atoms with Gasteiger partial charge in [0, 0.05) is 43.3 Å². The van der Waals surface area contributed by atoms with E-state index in [2.05, 4.69) is 42.3 Å². The van der Waals surface area contributed by atoms with Crippen LogP contribution in [0.25, 0.3) is 11.0 Å². The van der Waals surface area contributed by atoms with E-state index in [-0.39, 0.29) is 12.2 Å². The number of anilines is 2. The first-order chi connectivity index (χ1) is 17.3. The summed E-state index contributed by atoms with van der Waals surface area (Å²) in [6.45, 7) is 4.47. The van der Waals surface area contributed by atoms with Crippen LogP contribution in [-0.4, -0.2) is 77.7 Å². The van der Waals surface area contributed by atoms with Gasteiger partial charge in [0.2, 0.25) is 5.95 Å². The van der Waals surface area contributed by atoms with Crippen LogP contribution >= 0.6 is 0 Å². The number of morpholine rings is 1. The average Bonchev–Trinajstić information content (AvgIpc) is 2.89. The summed E-state index contributed by atoms with van der Waals surface area (Å²) in [7, 11) is 0. The predicted molar refractivity (Wildman–Crippen MR) is 130 cm³/mol. The third kappa shape index (κ3) is 5.23. The lowest BCUT2D eigenvalue weighted by atomic mass is 9.93. The van der Waals surface area contributed by atoms with E-state index in [1.165, 1.54) is 0 Å². The molecule has 2 aliphatic heterocycles. The van der Waals surface area contributed by atoms with E-state index < -0.39 is 0 Å². The molecular weight excluding hydrogens is 448 g/mol. The summed E-state index contributed by atoms with van der Waals surface area (Å²) in [6.07, 6.45) is 11.0. The smallest absolute Gasteiger partial charge is 0.223 e. The minimum atomic E-state index is 0.116. The van der Waals surface area contributed by atoms with Crippen molar-refractivity contribution in [2.45, 2.75) is 43.9 Å². The van der Waals surface area contributed by atoms with Crippen LogP contribution in [0.3, 0.4) is 0 Å². The Morgan fingerprint density at radius 1 is 0.829 bits per heavy atom. The molecule has 0 radical (unpaired) electrons. The summed E-state index contributed by atoms with van der Waals surface area (Å²) in [4.78, 5) is 20.2. The molecular formula is C25H30N6O4. The number of benzene rings is 1. The third-order valence-corrected chi connectivity index (χ3v) is 6.74. The minimum absolute atomic E-state index is 0.116. The maximum atomic E-state index is 6.52. The zero-order chi connectivity index (χ0) is 23.5. The zero-order valence-corrected chi connectivity index (χ0v) is 19.6. The van der Waals surface area contributed by atoms with Gasteiger partial charge in [0.05, 0.1) is 50.4 Å². The number of nitrogens with one attached hydrogen (secondary N) is 1. The highest BCUT2D eigenvalue weighted by Gasteiger charge is 2.25. The summed E-state index contributed by atoms with van der Waals surface area (Å²) in [6, 6.07) is 4.52. The van der Waals surface area contributed by atoms with Crippen molar-refractivity contribution in [3.8, 4) is 11.5 Å². The topological polar surface area (TPSA) is 104 Å². The van der Waals surface area contributed by atoms with Crippen LogP contribution in [0.5, 0.6) is 11.5 Å². The van der Waals surface area contributed by atoms with Crippen molar-refractivity contribution < 1.29 is 18.9 Å². The molecule has 10 nitrogen and oxygen atoms in total. The van der Waals surface area contributed by atoms with Gasteiger partial charge in [-0.25, -0.2) is 15.0 Å². The highest BCUT2D eigenvalue weighted by molar-refractivity contribution is 5.85. The van der Waals surface area contributed by atoms with Gasteiger partial charge < -0.3 is 29.2 Å². The first-order valence-electron chi connectivity index (χ1n) is 12.4. The molecule has 1 aliphatic carbocycles. The molecule has 3 aliphatic rings. The molecule has 0 unspecified atom stereocenters. The monoisotopic (exact) mass is 478 g/mol. The number of ether oxygens (including phenoxy) is 4. The number of rotatable bonds is 7. The minimum Gasteiger partial charge on any atom is -0.488 e. The van der Waals surface area contributed by atoms with Crippen LogP contribution in [0.2, 0.25) is 0 Å². The Bertz CT molecular complexity index is 1130. The average molecular weight is 479 g/mol. The normalized spacial score (nSPS) is 23.0. The van der Waals surface area contributed by atoms with Gasteiger partial charge in [-0.1, -0.05) is 0 Å². The SMILES string of the molecule is c1cnc2c(OC3CCC(Nc4ncc(OC5COC5)cn4)CC3)cc(N3CCOCC3)cc2n1. The number of aromatic nitrogens is 4. The Hall–Kier alpha value is -3.24. The van der Waals surface area contributed by atoms with Gasteiger partial charge >= 0.3 is 0 Å². The maximum absolute atomic E-state index is 6.52. The summed E-state index contributed by atoms with van der Waals surface area (Å²) in [5.74, 6) is 2.12. The molecule has 0 atom stereocenters. The van der Waals surface area contributed by atoms with Gasteiger partial charge in [0.15, 0.2) is 5.75 Å². The fourth-order valence-electron chi connectivity index (χ4n) is 4.74. The van der Waals surface area contributed by atoms with Gasteiger partial charge in [-0.05, 0) is 31.7 Å². The van der Waals surface area contributed by atoms with Crippen molar-refractivity contribution in [1.29, 1.82) is 0 Å². The molecule has 1 aromatic carbocycles. The second-order valence-electron chi connectivity index (χ2n) is 9.22. The van der Waals surface area contributed by atoms with Crippen LogP contribution < -0.4 is 19.7 Å². The molecule has 0 bridgehead atoms. The number of hydrogen-bond acceptors (Lipinski definition) is 10. The molecule has 0 spiro atoms. The molecule has 10 heteroatoms. The first kappa shape index (κ1) is 22.2. The molecule has 1 N–H and O–H groups in total. The van der Waals surface area contributed by atoms with E-state index >= 15 is 0 Å². The van der Waals surface area contributed by atoms with Crippen LogP contribution in [-0.2, 0) is 9.47 Å². The second kappa shape index (κ2) is 10.2. The molecule has 1 saturated carbocycles. The molecule has 3 fully saturated rings. The van der Waals surface area contributed by atoms with E-state index in [0.29, 0.717) is 31.0 Å². The van der Waals surface area contributed by atoms with E-state index in [1.54, 1.807) is 24.8 Å².